The third kappa shape index (κ3) is 6.27. The normalized spacial score (nSPS) is 10.1. The maximum atomic E-state index is 5.93. The predicted molar refractivity (Wildman–Crippen MR) is 103 cm³/mol. The molecule has 4 nitrogen and oxygen atoms in total. The van der Waals surface area contributed by atoms with E-state index in [2.05, 4.69) is 47.6 Å². The maximum absolute atomic E-state index is 5.93. The number of hydrogen-bond acceptors (Lipinski definition) is 4. The SMILES string of the molecule is COc1cc(CNCc2ccncc2)ccc1OCc1ccc(C)cc1.[Cl-]. The van der Waals surface area contributed by atoms with Crippen LogP contribution in [0.25, 0.3) is 0 Å². The van der Waals surface area contributed by atoms with Crippen LogP contribution in [-0.4, -0.2) is 12.1 Å². The number of nitrogens with one attached hydrogen (secondary N) is 1. The van der Waals surface area contributed by atoms with Crippen LogP contribution < -0.4 is 27.2 Å². The Labute approximate surface area is 167 Å². The quantitative estimate of drug-likeness (QED) is 0.636. The number of ether oxygens (including phenoxy) is 2. The summed E-state index contributed by atoms with van der Waals surface area (Å²) in [5, 5.41) is 3.43. The van der Waals surface area contributed by atoms with E-state index in [1.807, 2.05) is 24.3 Å². The van der Waals surface area contributed by atoms with E-state index in [0.29, 0.717) is 6.61 Å². The van der Waals surface area contributed by atoms with Crippen LogP contribution in [0.5, 0.6) is 11.5 Å². The van der Waals surface area contributed by atoms with Gasteiger partial charge < -0.3 is 27.2 Å². The Bertz CT molecular complexity index is 823. The van der Waals surface area contributed by atoms with Gasteiger partial charge in [0, 0.05) is 25.5 Å². The largest absolute Gasteiger partial charge is 1.00 e. The van der Waals surface area contributed by atoms with Crippen molar-refractivity contribution < 1.29 is 21.9 Å². The molecule has 1 N–H and O–H groups in total. The zero-order chi connectivity index (χ0) is 18.2. The van der Waals surface area contributed by atoms with Gasteiger partial charge in [-0.2, -0.15) is 0 Å². The minimum atomic E-state index is 0. The van der Waals surface area contributed by atoms with Crippen molar-refractivity contribution in [3.05, 3.63) is 89.2 Å². The van der Waals surface area contributed by atoms with Gasteiger partial charge in [0.05, 0.1) is 7.11 Å². The lowest BCUT2D eigenvalue weighted by Gasteiger charge is -2.13. The second-order valence-corrected chi connectivity index (χ2v) is 6.22. The van der Waals surface area contributed by atoms with Crippen molar-refractivity contribution >= 4 is 0 Å². The Kier molecular flexibility index (Phi) is 8.11. The molecule has 0 saturated carbocycles. The number of halogens is 1. The van der Waals surface area contributed by atoms with E-state index in [-0.39, 0.29) is 12.4 Å². The summed E-state index contributed by atoms with van der Waals surface area (Å²) in [6, 6.07) is 18.4. The highest BCUT2D eigenvalue weighted by atomic mass is 35.5. The van der Waals surface area contributed by atoms with E-state index in [1.165, 1.54) is 11.1 Å². The summed E-state index contributed by atoms with van der Waals surface area (Å²) in [6.07, 6.45) is 3.61. The molecule has 0 fully saturated rings. The molecule has 0 aliphatic rings. The molecule has 1 aromatic heterocycles. The molecule has 5 heteroatoms. The molecule has 0 radical (unpaired) electrons. The maximum Gasteiger partial charge on any atom is 0.161 e. The summed E-state index contributed by atoms with van der Waals surface area (Å²) in [5.41, 5.74) is 4.75. The number of methoxy groups -OCH3 is 1. The molecule has 0 aliphatic carbocycles. The van der Waals surface area contributed by atoms with Gasteiger partial charge in [0.15, 0.2) is 11.5 Å². The fourth-order valence-electron chi connectivity index (χ4n) is 2.64. The summed E-state index contributed by atoms with van der Waals surface area (Å²) in [7, 11) is 1.67. The summed E-state index contributed by atoms with van der Waals surface area (Å²) in [4.78, 5) is 4.03. The zero-order valence-corrected chi connectivity index (χ0v) is 16.4. The van der Waals surface area contributed by atoms with Crippen LogP contribution >= 0.6 is 0 Å². The fourth-order valence-corrected chi connectivity index (χ4v) is 2.64. The third-order valence-corrected chi connectivity index (χ3v) is 4.15. The summed E-state index contributed by atoms with van der Waals surface area (Å²) >= 11 is 0. The average Bonchev–Trinajstić information content (AvgIpc) is 2.69. The van der Waals surface area contributed by atoms with Gasteiger partial charge in [0.25, 0.3) is 0 Å². The van der Waals surface area contributed by atoms with Crippen molar-refractivity contribution in [2.45, 2.75) is 26.6 Å². The molecule has 1 heterocycles. The number of pyridine rings is 1. The highest BCUT2D eigenvalue weighted by Crippen LogP contribution is 2.29. The first-order chi connectivity index (χ1) is 12.7. The number of aromatic nitrogens is 1. The molecule has 0 bridgehead atoms. The van der Waals surface area contributed by atoms with E-state index in [0.717, 1.165) is 35.7 Å². The predicted octanol–water partition coefficient (Wildman–Crippen LogP) is 1.27. The van der Waals surface area contributed by atoms with Crippen molar-refractivity contribution in [3.63, 3.8) is 0 Å². The Morgan fingerprint density at radius 1 is 0.815 bits per heavy atom. The van der Waals surface area contributed by atoms with Gasteiger partial charge in [-0.05, 0) is 47.9 Å². The Morgan fingerprint density at radius 2 is 1.48 bits per heavy atom. The highest BCUT2D eigenvalue weighted by Gasteiger charge is 2.06. The second kappa shape index (κ2) is 10.6. The van der Waals surface area contributed by atoms with E-state index >= 15 is 0 Å². The highest BCUT2D eigenvalue weighted by molar-refractivity contribution is 5.43. The van der Waals surface area contributed by atoms with Crippen molar-refractivity contribution in [1.29, 1.82) is 0 Å². The first kappa shape index (κ1) is 20.7. The first-order valence-electron chi connectivity index (χ1n) is 8.69. The molecular formula is C22H24ClN2O2-. The number of aryl methyl sites for hydroxylation is 1. The molecule has 3 rings (SSSR count). The van der Waals surface area contributed by atoms with E-state index in [1.54, 1.807) is 19.5 Å². The van der Waals surface area contributed by atoms with E-state index < -0.39 is 0 Å². The van der Waals surface area contributed by atoms with Gasteiger partial charge in [0.2, 0.25) is 0 Å². The van der Waals surface area contributed by atoms with Crippen LogP contribution in [-0.2, 0) is 19.7 Å². The van der Waals surface area contributed by atoms with Gasteiger partial charge in [-0.25, -0.2) is 0 Å². The summed E-state index contributed by atoms with van der Waals surface area (Å²) < 4.78 is 11.4. The monoisotopic (exact) mass is 383 g/mol. The molecule has 0 unspecified atom stereocenters. The lowest BCUT2D eigenvalue weighted by Crippen LogP contribution is -3.00. The Balaban J connectivity index is 0.00000261. The van der Waals surface area contributed by atoms with Crippen LogP contribution in [0, 0.1) is 6.92 Å². The first-order valence-corrected chi connectivity index (χ1v) is 8.69. The topological polar surface area (TPSA) is 43.4 Å². The minimum absolute atomic E-state index is 0. The van der Waals surface area contributed by atoms with Gasteiger partial charge >= 0.3 is 0 Å². The van der Waals surface area contributed by atoms with Gasteiger partial charge in [0.1, 0.15) is 6.61 Å². The molecule has 0 aliphatic heterocycles. The van der Waals surface area contributed by atoms with Crippen LogP contribution in [0.15, 0.2) is 67.0 Å². The smallest absolute Gasteiger partial charge is 0.161 e. The Hall–Kier alpha value is -2.56. The minimum Gasteiger partial charge on any atom is -1.00 e. The van der Waals surface area contributed by atoms with Crippen LogP contribution in [0.3, 0.4) is 0 Å². The van der Waals surface area contributed by atoms with Crippen molar-refractivity contribution in [1.82, 2.24) is 10.3 Å². The number of hydrogen-bond donors (Lipinski definition) is 1. The van der Waals surface area contributed by atoms with Crippen molar-refractivity contribution in [2.75, 3.05) is 7.11 Å². The number of benzene rings is 2. The molecule has 0 spiro atoms. The zero-order valence-electron chi connectivity index (χ0n) is 15.6. The van der Waals surface area contributed by atoms with Crippen molar-refractivity contribution in [3.8, 4) is 11.5 Å². The molecular weight excluding hydrogens is 360 g/mol. The molecule has 0 atom stereocenters. The van der Waals surface area contributed by atoms with Crippen LogP contribution in [0.4, 0.5) is 0 Å². The third-order valence-electron chi connectivity index (χ3n) is 4.15. The summed E-state index contributed by atoms with van der Waals surface area (Å²) in [5.74, 6) is 1.51. The molecule has 2 aromatic carbocycles. The molecule has 0 amide bonds. The molecule has 27 heavy (non-hydrogen) atoms. The summed E-state index contributed by atoms with van der Waals surface area (Å²) in [6.45, 7) is 4.17. The second-order valence-electron chi connectivity index (χ2n) is 6.22. The fraction of sp³-hybridized carbons (Fsp3) is 0.227. The number of nitrogens with zero attached hydrogens (tertiary/aromatic N) is 1. The Morgan fingerprint density at radius 3 is 2.19 bits per heavy atom. The van der Waals surface area contributed by atoms with Gasteiger partial charge in [-0.1, -0.05) is 35.9 Å². The van der Waals surface area contributed by atoms with Crippen LogP contribution in [0.2, 0.25) is 0 Å². The number of rotatable bonds is 8. The molecule has 142 valence electrons. The lowest BCUT2D eigenvalue weighted by molar-refractivity contribution is -0.00000599. The van der Waals surface area contributed by atoms with Gasteiger partial charge in [-0.15, -0.1) is 0 Å². The van der Waals surface area contributed by atoms with Gasteiger partial charge in [-0.3, -0.25) is 4.98 Å². The van der Waals surface area contributed by atoms with E-state index in [4.69, 9.17) is 9.47 Å². The lowest BCUT2D eigenvalue weighted by atomic mass is 10.1. The van der Waals surface area contributed by atoms with Crippen molar-refractivity contribution in [2.24, 2.45) is 0 Å². The average molecular weight is 384 g/mol. The molecule has 3 aromatic rings. The van der Waals surface area contributed by atoms with E-state index in [9.17, 15) is 0 Å². The molecule has 0 saturated heterocycles. The van der Waals surface area contributed by atoms with Crippen LogP contribution in [0.1, 0.15) is 22.3 Å². The standard InChI is InChI=1S/C22H24N2O2.ClH/c1-17-3-5-19(6-4-17)16-26-21-8-7-20(13-22(21)25-2)15-24-14-18-9-11-23-12-10-18;/h3-13,24H,14-16H2,1-2H3;1H/p-1.